The van der Waals surface area contributed by atoms with Gasteiger partial charge in [0.2, 0.25) is 5.91 Å². The molecule has 0 fully saturated rings. The van der Waals surface area contributed by atoms with Crippen LogP contribution in [0.3, 0.4) is 0 Å². The van der Waals surface area contributed by atoms with Gasteiger partial charge in [-0.1, -0.05) is 47.1 Å². The summed E-state index contributed by atoms with van der Waals surface area (Å²) in [7, 11) is 0. The number of aromatic nitrogens is 1. The lowest BCUT2D eigenvalue weighted by molar-refractivity contribution is -0.123. The van der Waals surface area contributed by atoms with Gasteiger partial charge in [0, 0.05) is 11.6 Å². The number of hydrogen-bond acceptors (Lipinski definition) is 2. The van der Waals surface area contributed by atoms with E-state index in [1.165, 1.54) is 5.56 Å². The van der Waals surface area contributed by atoms with Crippen molar-refractivity contribution >= 4 is 11.7 Å². The maximum atomic E-state index is 11.9. The van der Waals surface area contributed by atoms with Crippen LogP contribution in [0.15, 0.2) is 18.3 Å². The lowest BCUT2D eigenvalue weighted by Gasteiger charge is -2.18. The van der Waals surface area contributed by atoms with Crippen molar-refractivity contribution in [2.75, 3.05) is 5.32 Å². The van der Waals surface area contributed by atoms with Crippen LogP contribution in [-0.4, -0.2) is 10.9 Å². The van der Waals surface area contributed by atoms with Crippen LogP contribution in [0.25, 0.3) is 0 Å². The fourth-order valence-corrected chi connectivity index (χ4v) is 1.84. The van der Waals surface area contributed by atoms with Crippen molar-refractivity contribution < 1.29 is 4.79 Å². The molecule has 1 unspecified atom stereocenters. The van der Waals surface area contributed by atoms with Gasteiger partial charge in [-0.2, -0.15) is 0 Å². The van der Waals surface area contributed by atoms with Gasteiger partial charge in [-0.05, 0) is 30.4 Å². The van der Waals surface area contributed by atoms with Crippen LogP contribution in [0, 0.1) is 11.8 Å². The third-order valence-corrected chi connectivity index (χ3v) is 3.14. The number of rotatable bonds is 5. The summed E-state index contributed by atoms with van der Waals surface area (Å²) in [4.78, 5) is 16.2. The highest BCUT2D eigenvalue weighted by atomic mass is 16.2. The van der Waals surface area contributed by atoms with Gasteiger partial charge in [0.05, 0.1) is 0 Å². The van der Waals surface area contributed by atoms with E-state index in [0.717, 1.165) is 12.8 Å². The summed E-state index contributed by atoms with van der Waals surface area (Å²) in [5.74, 6) is 1.06. The highest BCUT2D eigenvalue weighted by molar-refractivity contribution is 5.93. The summed E-state index contributed by atoms with van der Waals surface area (Å²) in [6, 6.07) is 3.93. The molecule has 105 valence electrons. The number of nitrogens with zero attached hydrogens (tertiary/aromatic N) is 1. The van der Waals surface area contributed by atoms with Crippen LogP contribution >= 0.6 is 0 Å². The fourth-order valence-electron chi connectivity index (χ4n) is 1.84. The van der Waals surface area contributed by atoms with Crippen molar-refractivity contribution in [3.63, 3.8) is 0 Å². The molecule has 0 saturated carbocycles. The Labute approximate surface area is 116 Å². The van der Waals surface area contributed by atoms with E-state index in [9.17, 15) is 4.79 Å². The van der Waals surface area contributed by atoms with Crippen LogP contribution in [-0.2, 0) is 4.79 Å². The number of pyridine rings is 1. The molecule has 1 rings (SSSR count). The number of amides is 1. The first-order valence-corrected chi connectivity index (χ1v) is 6.95. The summed E-state index contributed by atoms with van der Waals surface area (Å²) < 4.78 is 0. The molecule has 0 aliphatic heterocycles. The second kappa shape index (κ2) is 6.69. The molecule has 0 saturated heterocycles. The number of anilines is 1. The lowest BCUT2D eigenvalue weighted by atomic mass is 9.93. The van der Waals surface area contributed by atoms with E-state index < -0.39 is 5.41 Å². The summed E-state index contributed by atoms with van der Waals surface area (Å²) in [6.07, 6.45) is 6.34. The minimum absolute atomic E-state index is 0.0140. The first kappa shape index (κ1) is 15.7. The normalized spacial score (nSPS) is 13.1. The Morgan fingerprint density at radius 2 is 2.11 bits per heavy atom. The number of hydrogen-bond donors (Lipinski definition) is 1. The maximum Gasteiger partial charge on any atom is 0.230 e. The zero-order valence-electron chi connectivity index (χ0n) is 12.7. The summed E-state index contributed by atoms with van der Waals surface area (Å²) in [6.45, 7) is 9.93. The Balaban J connectivity index is 2.74. The van der Waals surface area contributed by atoms with Crippen LogP contribution in [0.2, 0.25) is 0 Å². The molecule has 1 radical (unpaired) electrons. The Kier molecular flexibility index (Phi) is 5.52. The van der Waals surface area contributed by atoms with Gasteiger partial charge in [0.25, 0.3) is 0 Å². The molecule has 1 N–H and O–H groups in total. The van der Waals surface area contributed by atoms with E-state index in [1.54, 1.807) is 0 Å². The van der Waals surface area contributed by atoms with Crippen molar-refractivity contribution in [1.82, 2.24) is 4.98 Å². The number of carbonyl (C=O) groups excluding carboxylic acids is 1. The van der Waals surface area contributed by atoms with Gasteiger partial charge in [0.15, 0.2) is 0 Å². The zero-order valence-corrected chi connectivity index (χ0v) is 12.7. The first-order chi connectivity index (χ1) is 8.88. The Morgan fingerprint density at radius 3 is 2.53 bits per heavy atom. The monoisotopic (exact) mass is 261 g/mol. The van der Waals surface area contributed by atoms with Crippen LogP contribution in [0.1, 0.15) is 58.9 Å². The quantitative estimate of drug-likeness (QED) is 0.864. The smallest absolute Gasteiger partial charge is 0.230 e. The second-order valence-corrected chi connectivity index (χ2v) is 5.91. The molecule has 3 heteroatoms. The maximum absolute atomic E-state index is 11.9. The molecular formula is C16H25N2O. The predicted molar refractivity (Wildman–Crippen MR) is 79.9 cm³/mol. The third kappa shape index (κ3) is 4.66. The van der Waals surface area contributed by atoms with Crippen LogP contribution in [0.5, 0.6) is 0 Å². The molecule has 1 heterocycles. The molecule has 3 nitrogen and oxygen atoms in total. The predicted octanol–water partition coefficient (Wildman–Crippen LogP) is 4.17. The van der Waals surface area contributed by atoms with Gasteiger partial charge in [0.1, 0.15) is 5.82 Å². The Bertz CT molecular complexity index is 404. The highest BCUT2D eigenvalue weighted by Gasteiger charge is 2.21. The number of carbonyl (C=O) groups is 1. The molecule has 0 bridgehead atoms. The molecule has 1 amide bonds. The van der Waals surface area contributed by atoms with Gasteiger partial charge < -0.3 is 5.32 Å². The van der Waals surface area contributed by atoms with E-state index in [1.807, 2.05) is 39.1 Å². The van der Waals surface area contributed by atoms with Gasteiger partial charge in [-0.15, -0.1) is 0 Å². The lowest BCUT2D eigenvalue weighted by Crippen LogP contribution is -2.28. The van der Waals surface area contributed by atoms with E-state index in [0.29, 0.717) is 11.7 Å². The minimum atomic E-state index is -0.401. The van der Waals surface area contributed by atoms with E-state index in [2.05, 4.69) is 30.6 Å². The second-order valence-electron chi connectivity index (χ2n) is 5.91. The van der Waals surface area contributed by atoms with Gasteiger partial charge in [-0.3, -0.25) is 4.79 Å². The van der Waals surface area contributed by atoms with Crippen molar-refractivity contribution in [3.05, 3.63) is 30.3 Å². The Morgan fingerprint density at radius 1 is 1.42 bits per heavy atom. The molecular weight excluding hydrogens is 236 g/mol. The standard InChI is InChI=1S/C16H25N2O/c1-6-8-12(7-2)13-9-10-14(17-11-13)18-15(19)16(3,4)5/h7,9-12H,6,8H2,1-5H3,(H,17,18,19). The van der Waals surface area contributed by atoms with Crippen molar-refractivity contribution in [3.8, 4) is 0 Å². The molecule has 1 aromatic heterocycles. The van der Waals surface area contributed by atoms with Crippen LogP contribution < -0.4 is 5.32 Å². The van der Waals surface area contributed by atoms with Crippen molar-refractivity contribution in [2.24, 2.45) is 5.41 Å². The number of nitrogens with one attached hydrogen (secondary N) is 1. The van der Waals surface area contributed by atoms with Crippen LogP contribution in [0.4, 0.5) is 5.82 Å². The molecule has 1 aromatic rings. The molecule has 1 atom stereocenters. The Hall–Kier alpha value is -1.38. The SMILES string of the molecule is C[CH]C(CCC)c1ccc(NC(=O)C(C)(C)C)nc1. The largest absolute Gasteiger partial charge is 0.310 e. The fraction of sp³-hybridized carbons (Fsp3) is 0.562. The van der Waals surface area contributed by atoms with Crippen molar-refractivity contribution in [2.45, 2.75) is 53.4 Å². The molecule has 0 aromatic carbocycles. The molecule has 19 heavy (non-hydrogen) atoms. The first-order valence-electron chi connectivity index (χ1n) is 6.95. The minimum Gasteiger partial charge on any atom is -0.310 e. The molecule has 0 spiro atoms. The highest BCUT2D eigenvalue weighted by Crippen LogP contribution is 2.24. The van der Waals surface area contributed by atoms with E-state index in [4.69, 9.17) is 0 Å². The van der Waals surface area contributed by atoms with Gasteiger partial charge >= 0.3 is 0 Å². The van der Waals surface area contributed by atoms with E-state index in [-0.39, 0.29) is 5.91 Å². The average molecular weight is 261 g/mol. The van der Waals surface area contributed by atoms with Crippen molar-refractivity contribution in [1.29, 1.82) is 0 Å². The van der Waals surface area contributed by atoms with E-state index >= 15 is 0 Å². The summed E-state index contributed by atoms with van der Waals surface area (Å²) >= 11 is 0. The average Bonchev–Trinajstić information content (AvgIpc) is 2.36. The molecule has 0 aliphatic rings. The zero-order chi connectivity index (χ0) is 14.5. The summed E-state index contributed by atoms with van der Waals surface area (Å²) in [5, 5.41) is 2.84. The van der Waals surface area contributed by atoms with Gasteiger partial charge in [-0.25, -0.2) is 4.98 Å². The third-order valence-electron chi connectivity index (χ3n) is 3.14. The topological polar surface area (TPSA) is 42.0 Å². The summed E-state index contributed by atoms with van der Waals surface area (Å²) in [5.41, 5.74) is 0.806. The molecule has 0 aliphatic carbocycles.